The van der Waals surface area contributed by atoms with Crippen molar-refractivity contribution < 1.29 is 17.9 Å². The highest BCUT2D eigenvalue weighted by atomic mass is 19.4. The summed E-state index contributed by atoms with van der Waals surface area (Å²) in [4.78, 5) is 1.87. The molecule has 0 atom stereocenters. The van der Waals surface area contributed by atoms with Gasteiger partial charge in [0, 0.05) is 18.8 Å². The molecule has 1 aliphatic rings. The molecule has 0 saturated carbocycles. The van der Waals surface area contributed by atoms with Gasteiger partial charge in [0.2, 0.25) is 0 Å². The van der Waals surface area contributed by atoms with Gasteiger partial charge in [-0.25, -0.2) is 0 Å². The Hall–Kier alpha value is -1.23. The maximum absolute atomic E-state index is 12.5. The number of benzene rings is 1. The molecule has 0 unspecified atom stereocenters. The Balaban J connectivity index is 2.21. The Kier molecular flexibility index (Phi) is 3.05. The van der Waals surface area contributed by atoms with Crippen LogP contribution in [0.2, 0.25) is 0 Å². The lowest BCUT2D eigenvalue weighted by Gasteiger charge is -2.29. The van der Waals surface area contributed by atoms with E-state index >= 15 is 0 Å². The van der Waals surface area contributed by atoms with Crippen molar-refractivity contribution in [3.8, 4) is 0 Å². The van der Waals surface area contributed by atoms with E-state index in [9.17, 15) is 13.2 Å². The van der Waals surface area contributed by atoms with Crippen LogP contribution >= 0.6 is 0 Å². The highest BCUT2D eigenvalue weighted by Crippen LogP contribution is 2.31. The third kappa shape index (κ3) is 2.47. The second kappa shape index (κ2) is 4.33. The summed E-state index contributed by atoms with van der Waals surface area (Å²) in [7, 11) is 0. The fraction of sp³-hybridized carbons (Fsp3) is 0.455. The zero-order valence-electron chi connectivity index (χ0n) is 8.55. The Labute approximate surface area is 91.6 Å². The molecular formula is C11H11F3NO. The van der Waals surface area contributed by atoms with Gasteiger partial charge in [-0.15, -0.1) is 0 Å². The molecule has 0 aliphatic carbocycles. The van der Waals surface area contributed by atoms with E-state index in [4.69, 9.17) is 4.74 Å². The molecule has 1 heterocycles. The SMILES string of the molecule is FC(F)(F)c1c[c]cc(N2CCOCC2)c1. The first-order valence-electron chi connectivity index (χ1n) is 4.98. The zero-order valence-corrected chi connectivity index (χ0v) is 8.55. The van der Waals surface area contributed by atoms with E-state index in [2.05, 4.69) is 6.07 Å². The van der Waals surface area contributed by atoms with Crippen LogP contribution in [0.4, 0.5) is 18.9 Å². The van der Waals surface area contributed by atoms with Gasteiger partial charge in [-0.2, -0.15) is 13.2 Å². The Morgan fingerprint density at radius 2 is 1.88 bits per heavy atom. The van der Waals surface area contributed by atoms with Crippen molar-refractivity contribution in [1.29, 1.82) is 0 Å². The minimum atomic E-state index is -4.31. The highest BCUT2D eigenvalue weighted by molar-refractivity contribution is 5.49. The molecular weight excluding hydrogens is 219 g/mol. The van der Waals surface area contributed by atoms with E-state index < -0.39 is 11.7 Å². The Morgan fingerprint density at radius 1 is 1.19 bits per heavy atom. The van der Waals surface area contributed by atoms with Gasteiger partial charge in [0.05, 0.1) is 18.8 Å². The van der Waals surface area contributed by atoms with Crippen molar-refractivity contribution >= 4 is 5.69 Å². The molecule has 2 rings (SSSR count). The van der Waals surface area contributed by atoms with Gasteiger partial charge in [0.15, 0.2) is 0 Å². The molecule has 87 valence electrons. The van der Waals surface area contributed by atoms with Crippen LogP contribution in [0.1, 0.15) is 5.56 Å². The van der Waals surface area contributed by atoms with Gasteiger partial charge in [-0.3, -0.25) is 0 Å². The van der Waals surface area contributed by atoms with Crippen molar-refractivity contribution in [3.05, 3.63) is 29.8 Å². The summed E-state index contributed by atoms with van der Waals surface area (Å²) >= 11 is 0. The summed E-state index contributed by atoms with van der Waals surface area (Å²) in [6.07, 6.45) is -4.31. The highest BCUT2D eigenvalue weighted by Gasteiger charge is 2.30. The van der Waals surface area contributed by atoms with E-state index in [1.165, 1.54) is 0 Å². The quantitative estimate of drug-likeness (QED) is 0.734. The number of nitrogens with zero attached hydrogens (tertiary/aromatic N) is 1. The van der Waals surface area contributed by atoms with Gasteiger partial charge in [-0.1, -0.05) is 0 Å². The number of rotatable bonds is 1. The van der Waals surface area contributed by atoms with Crippen LogP contribution in [0.3, 0.4) is 0 Å². The summed E-state index contributed by atoms with van der Waals surface area (Å²) in [5, 5.41) is 0. The molecule has 2 nitrogen and oxygen atoms in total. The third-order valence-corrected chi connectivity index (χ3v) is 2.48. The van der Waals surface area contributed by atoms with Crippen LogP contribution in [0.5, 0.6) is 0 Å². The van der Waals surface area contributed by atoms with Gasteiger partial charge in [-0.05, 0) is 24.3 Å². The second-order valence-electron chi connectivity index (χ2n) is 3.58. The maximum atomic E-state index is 12.5. The van der Waals surface area contributed by atoms with Gasteiger partial charge in [0.1, 0.15) is 0 Å². The van der Waals surface area contributed by atoms with Gasteiger partial charge in [0.25, 0.3) is 0 Å². The molecule has 0 aromatic heterocycles. The molecule has 0 bridgehead atoms. The molecule has 1 saturated heterocycles. The fourth-order valence-corrected chi connectivity index (χ4v) is 1.63. The van der Waals surface area contributed by atoms with E-state index in [1.807, 2.05) is 4.90 Å². The summed E-state index contributed by atoms with van der Waals surface area (Å²) < 4.78 is 42.6. The molecule has 1 aromatic carbocycles. The summed E-state index contributed by atoms with van der Waals surface area (Å²) in [5.74, 6) is 0. The lowest BCUT2D eigenvalue weighted by molar-refractivity contribution is -0.137. The van der Waals surface area contributed by atoms with E-state index in [-0.39, 0.29) is 0 Å². The largest absolute Gasteiger partial charge is 0.416 e. The Bertz CT molecular complexity index is 358. The molecule has 1 aromatic rings. The minimum absolute atomic E-state index is 0.552. The van der Waals surface area contributed by atoms with Crippen molar-refractivity contribution in [1.82, 2.24) is 0 Å². The van der Waals surface area contributed by atoms with Gasteiger partial charge >= 0.3 is 6.18 Å². The summed E-state index contributed by atoms with van der Waals surface area (Å²) in [6.45, 7) is 2.34. The fourth-order valence-electron chi connectivity index (χ4n) is 1.63. The first-order valence-corrected chi connectivity index (χ1v) is 4.98. The van der Waals surface area contributed by atoms with E-state index in [0.29, 0.717) is 32.0 Å². The number of ether oxygens (including phenoxy) is 1. The topological polar surface area (TPSA) is 12.5 Å². The molecule has 16 heavy (non-hydrogen) atoms. The normalized spacial score (nSPS) is 17.6. The van der Waals surface area contributed by atoms with E-state index in [0.717, 1.165) is 12.1 Å². The maximum Gasteiger partial charge on any atom is 0.416 e. The third-order valence-electron chi connectivity index (χ3n) is 2.48. The predicted octanol–water partition coefficient (Wildman–Crippen LogP) is 2.34. The lowest BCUT2D eigenvalue weighted by Crippen LogP contribution is -2.36. The van der Waals surface area contributed by atoms with Crippen molar-refractivity contribution in [3.63, 3.8) is 0 Å². The number of anilines is 1. The number of hydrogen-bond acceptors (Lipinski definition) is 2. The zero-order chi connectivity index (χ0) is 11.6. The van der Waals surface area contributed by atoms with Gasteiger partial charge < -0.3 is 9.64 Å². The Morgan fingerprint density at radius 3 is 2.50 bits per heavy atom. The average Bonchev–Trinajstić information content (AvgIpc) is 2.29. The van der Waals surface area contributed by atoms with Crippen LogP contribution in [0.25, 0.3) is 0 Å². The first kappa shape index (κ1) is 11.3. The number of halogens is 3. The van der Waals surface area contributed by atoms with Crippen molar-refractivity contribution in [2.24, 2.45) is 0 Å². The van der Waals surface area contributed by atoms with Crippen LogP contribution in [-0.4, -0.2) is 26.3 Å². The summed E-state index contributed by atoms with van der Waals surface area (Å²) in [5.41, 5.74) is -0.102. The molecule has 0 N–H and O–H groups in total. The average molecular weight is 230 g/mol. The molecule has 1 fully saturated rings. The molecule has 0 spiro atoms. The number of morpholine rings is 1. The van der Waals surface area contributed by atoms with E-state index in [1.54, 1.807) is 6.07 Å². The predicted molar refractivity (Wildman–Crippen MR) is 53.3 cm³/mol. The summed E-state index contributed by atoms with van der Waals surface area (Å²) in [6, 6.07) is 6.22. The first-order chi connectivity index (χ1) is 7.57. The molecule has 5 heteroatoms. The standard InChI is InChI=1S/C11H11F3NO/c12-11(13,14)9-2-1-3-10(8-9)15-4-6-16-7-5-15/h2-3,8H,4-7H2. The number of alkyl halides is 3. The van der Waals surface area contributed by atoms with Crippen molar-refractivity contribution in [2.45, 2.75) is 6.18 Å². The smallest absolute Gasteiger partial charge is 0.378 e. The monoisotopic (exact) mass is 230 g/mol. The lowest BCUT2D eigenvalue weighted by atomic mass is 10.1. The van der Waals surface area contributed by atoms with Crippen LogP contribution in [0.15, 0.2) is 18.2 Å². The van der Waals surface area contributed by atoms with Crippen LogP contribution < -0.4 is 4.90 Å². The minimum Gasteiger partial charge on any atom is -0.378 e. The van der Waals surface area contributed by atoms with Crippen LogP contribution in [0, 0.1) is 6.07 Å². The second-order valence-corrected chi connectivity index (χ2v) is 3.58. The molecule has 1 radical (unpaired) electrons. The number of hydrogen-bond donors (Lipinski definition) is 0. The molecule has 0 amide bonds. The van der Waals surface area contributed by atoms with Crippen LogP contribution in [-0.2, 0) is 10.9 Å². The van der Waals surface area contributed by atoms with Crippen molar-refractivity contribution in [2.75, 3.05) is 31.2 Å². The molecule has 1 aliphatic heterocycles.